The van der Waals surface area contributed by atoms with Crippen LogP contribution in [-0.2, 0) is 27.4 Å². The van der Waals surface area contributed by atoms with E-state index in [2.05, 4.69) is 15.0 Å². The monoisotopic (exact) mass is 537 g/mol. The molecule has 1 atom stereocenters. The topological polar surface area (TPSA) is 93.9 Å². The average molecular weight is 538 g/mol. The standard InChI is InChI=1S/C26H30F3N3O6/c1-17(2)38-25(33)22-9-8-19(24(35-4)26(27,28)29)13-23(22)37-11-10-36-16-20-15-32(31-30-20)14-18-6-5-7-21(12-18)34-3/h5-9,12-13,15,17,24H,10-11,14,16H2,1-4H3. The molecule has 0 fully saturated rings. The van der Waals surface area contributed by atoms with Crippen LogP contribution in [-0.4, -0.2) is 60.7 Å². The van der Waals surface area contributed by atoms with Gasteiger partial charge in [-0.1, -0.05) is 23.4 Å². The number of aromatic nitrogens is 3. The van der Waals surface area contributed by atoms with Gasteiger partial charge < -0.3 is 23.7 Å². The highest BCUT2D eigenvalue weighted by Gasteiger charge is 2.41. The zero-order chi connectivity index (χ0) is 27.7. The van der Waals surface area contributed by atoms with Gasteiger partial charge in [-0.3, -0.25) is 0 Å². The van der Waals surface area contributed by atoms with Crippen molar-refractivity contribution in [3.63, 3.8) is 0 Å². The number of benzene rings is 2. The van der Waals surface area contributed by atoms with E-state index < -0.39 is 24.4 Å². The molecule has 0 aliphatic rings. The Morgan fingerprint density at radius 1 is 1.08 bits per heavy atom. The molecule has 1 unspecified atom stereocenters. The van der Waals surface area contributed by atoms with Gasteiger partial charge in [-0.25, -0.2) is 9.48 Å². The number of carbonyl (C=O) groups excluding carboxylic acids is 1. The third-order valence-corrected chi connectivity index (χ3v) is 5.20. The summed E-state index contributed by atoms with van der Waals surface area (Å²) in [5.74, 6) is -0.0307. The minimum atomic E-state index is -4.64. The summed E-state index contributed by atoms with van der Waals surface area (Å²) in [6, 6.07) is 11.1. The number of halogens is 3. The number of carbonyl (C=O) groups is 1. The highest BCUT2D eigenvalue weighted by molar-refractivity contribution is 5.92. The van der Waals surface area contributed by atoms with Gasteiger partial charge in [-0.05, 0) is 49.2 Å². The van der Waals surface area contributed by atoms with Crippen LogP contribution < -0.4 is 9.47 Å². The molecule has 0 radical (unpaired) electrons. The van der Waals surface area contributed by atoms with Crippen molar-refractivity contribution >= 4 is 5.97 Å². The minimum Gasteiger partial charge on any atom is -0.497 e. The molecule has 2 aromatic carbocycles. The lowest BCUT2D eigenvalue weighted by atomic mass is 10.0. The Hall–Kier alpha value is -3.64. The molecule has 12 heteroatoms. The van der Waals surface area contributed by atoms with Crippen LogP contribution in [0.4, 0.5) is 13.2 Å². The van der Waals surface area contributed by atoms with E-state index in [1.54, 1.807) is 31.8 Å². The fourth-order valence-electron chi connectivity index (χ4n) is 3.55. The first-order valence-electron chi connectivity index (χ1n) is 11.8. The summed E-state index contributed by atoms with van der Waals surface area (Å²) in [5.41, 5.74) is 1.37. The summed E-state index contributed by atoms with van der Waals surface area (Å²) in [4.78, 5) is 12.5. The van der Waals surface area contributed by atoms with Gasteiger partial charge in [0.2, 0.25) is 0 Å². The molecular weight excluding hydrogens is 507 g/mol. The highest BCUT2D eigenvalue weighted by Crippen LogP contribution is 2.37. The molecule has 9 nitrogen and oxygen atoms in total. The van der Waals surface area contributed by atoms with E-state index in [4.69, 9.17) is 18.9 Å². The number of ether oxygens (including phenoxy) is 5. The predicted molar refractivity (Wildman–Crippen MR) is 130 cm³/mol. The van der Waals surface area contributed by atoms with E-state index in [9.17, 15) is 18.0 Å². The van der Waals surface area contributed by atoms with E-state index in [0.717, 1.165) is 30.6 Å². The SMILES string of the molecule is COc1cccc(Cn2cc(COCCOc3cc(C(OC)C(F)(F)F)ccc3C(=O)OC(C)C)nn2)c1. The summed E-state index contributed by atoms with van der Waals surface area (Å²) in [5, 5.41) is 8.15. The summed E-state index contributed by atoms with van der Waals surface area (Å²) >= 11 is 0. The molecule has 1 aromatic heterocycles. The summed E-state index contributed by atoms with van der Waals surface area (Å²) in [6.45, 7) is 4.02. The quantitative estimate of drug-likeness (QED) is 0.228. The van der Waals surface area contributed by atoms with Crippen LogP contribution in [0.15, 0.2) is 48.7 Å². The van der Waals surface area contributed by atoms with Gasteiger partial charge >= 0.3 is 12.1 Å². The van der Waals surface area contributed by atoms with Crippen LogP contribution >= 0.6 is 0 Å². The number of hydrogen-bond acceptors (Lipinski definition) is 8. The Bertz CT molecular complexity index is 1200. The molecule has 206 valence electrons. The molecule has 0 aliphatic carbocycles. The van der Waals surface area contributed by atoms with Crippen molar-refractivity contribution in [1.29, 1.82) is 0 Å². The van der Waals surface area contributed by atoms with Crippen molar-refractivity contribution in [3.8, 4) is 11.5 Å². The first-order valence-corrected chi connectivity index (χ1v) is 11.8. The molecule has 3 rings (SSSR count). The molecule has 0 spiro atoms. The number of methoxy groups -OCH3 is 2. The Labute approximate surface area is 218 Å². The molecule has 0 saturated carbocycles. The normalized spacial score (nSPS) is 12.4. The number of esters is 1. The molecule has 3 aromatic rings. The van der Waals surface area contributed by atoms with E-state index in [1.165, 1.54) is 6.07 Å². The summed E-state index contributed by atoms with van der Waals surface area (Å²) in [6.07, 6.45) is -5.49. The minimum absolute atomic E-state index is 0.0000342. The van der Waals surface area contributed by atoms with E-state index in [0.29, 0.717) is 12.2 Å². The van der Waals surface area contributed by atoms with Crippen molar-refractivity contribution < 1.29 is 41.7 Å². The van der Waals surface area contributed by atoms with Crippen molar-refractivity contribution in [2.45, 2.75) is 45.4 Å². The van der Waals surface area contributed by atoms with Gasteiger partial charge in [0.25, 0.3) is 0 Å². The molecule has 0 aliphatic heterocycles. The molecule has 38 heavy (non-hydrogen) atoms. The van der Waals surface area contributed by atoms with E-state index in [1.807, 2.05) is 24.3 Å². The third-order valence-electron chi connectivity index (χ3n) is 5.20. The zero-order valence-corrected chi connectivity index (χ0v) is 21.5. The van der Waals surface area contributed by atoms with Gasteiger partial charge in [0.1, 0.15) is 29.4 Å². The second-order valence-corrected chi connectivity index (χ2v) is 8.53. The van der Waals surface area contributed by atoms with Crippen LogP contribution in [0.2, 0.25) is 0 Å². The predicted octanol–water partition coefficient (Wildman–Crippen LogP) is 4.75. The first kappa shape index (κ1) is 28.9. The van der Waals surface area contributed by atoms with Gasteiger partial charge in [0.05, 0.1) is 39.2 Å². The number of nitrogens with zero attached hydrogens (tertiary/aromatic N) is 3. The molecule has 0 amide bonds. The highest BCUT2D eigenvalue weighted by atomic mass is 19.4. The smallest absolute Gasteiger partial charge is 0.418 e. The second-order valence-electron chi connectivity index (χ2n) is 8.53. The molecule has 0 bridgehead atoms. The maximum atomic E-state index is 13.3. The fraction of sp³-hybridized carbons (Fsp3) is 0.423. The summed E-state index contributed by atoms with van der Waals surface area (Å²) < 4.78 is 67.9. The van der Waals surface area contributed by atoms with Crippen molar-refractivity contribution in [3.05, 3.63) is 71.0 Å². The van der Waals surface area contributed by atoms with Gasteiger partial charge in [-0.15, -0.1) is 5.10 Å². The molecule has 0 saturated heterocycles. The van der Waals surface area contributed by atoms with Crippen LogP contribution in [0.1, 0.15) is 47.1 Å². The number of alkyl halides is 3. The van der Waals surface area contributed by atoms with Crippen molar-refractivity contribution in [1.82, 2.24) is 15.0 Å². The molecular formula is C26H30F3N3O6. The Kier molecular flexibility index (Phi) is 10.1. The Balaban J connectivity index is 1.59. The first-order chi connectivity index (χ1) is 18.1. The maximum Gasteiger partial charge on any atom is 0.418 e. The van der Waals surface area contributed by atoms with E-state index >= 15 is 0 Å². The lowest BCUT2D eigenvalue weighted by molar-refractivity contribution is -0.216. The van der Waals surface area contributed by atoms with Crippen molar-refractivity contribution in [2.24, 2.45) is 0 Å². The van der Waals surface area contributed by atoms with Gasteiger partial charge in [0, 0.05) is 7.11 Å². The lowest BCUT2D eigenvalue weighted by Gasteiger charge is -2.21. The molecule has 0 N–H and O–H groups in total. The third kappa shape index (κ3) is 8.18. The Morgan fingerprint density at radius 2 is 1.87 bits per heavy atom. The number of hydrogen-bond donors (Lipinski definition) is 0. The van der Waals surface area contributed by atoms with Crippen LogP contribution in [0.5, 0.6) is 11.5 Å². The van der Waals surface area contributed by atoms with Gasteiger partial charge in [0.15, 0.2) is 6.10 Å². The lowest BCUT2D eigenvalue weighted by Crippen LogP contribution is -2.23. The van der Waals surface area contributed by atoms with Crippen molar-refractivity contribution in [2.75, 3.05) is 27.4 Å². The fourth-order valence-corrected chi connectivity index (χ4v) is 3.55. The summed E-state index contributed by atoms with van der Waals surface area (Å²) in [7, 11) is 2.56. The van der Waals surface area contributed by atoms with E-state index in [-0.39, 0.29) is 36.7 Å². The largest absolute Gasteiger partial charge is 0.497 e. The van der Waals surface area contributed by atoms with Crippen LogP contribution in [0, 0.1) is 0 Å². The number of rotatable bonds is 13. The maximum absolute atomic E-state index is 13.3. The van der Waals surface area contributed by atoms with Crippen LogP contribution in [0.3, 0.4) is 0 Å². The average Bonchev–Trinajstić information content (AvgIpc) is 3.30. The molecule has 1 heterocycles. The van der Waals surface area contributed by atoms with Gasteiger partial charge in [-0.2, -0.15) is 13.2 Å². The second kappa shape index (κ2) is 13.2. The van der Waals surface area contributed by atoms with Crippen LogP contribution in [0.25, 0.3) is 0 Å². The Morgan fingerprint density at radius 3 is 2.55 bits per heavy atom. The zero-order valence-electron chi connectivity index (χ0n) is 21.5.